The number of rotatable bonds is 7. The molecule has 0 saturated heterocycles. The van der Waals surface area contributed by atoms with E-state index in [1.54, 1.807) is 6.07 Å². The van der Waals surface area contributed by atoms with Gasteiger partial charge < -0.3 is 10.5 Å². The summed E-state index contributed by atoms with van der Waals surface area (Å²) in [6, 6.07) is 7.28. The second-order valence-corrected chi connectivity index (χ2v) is 5.32. The summed E-state index contributed by atoms with van der Waals surface area (Å²) in [5, 5.41) is 0. The highest BCUT2D eigenvalue weighted by atomic mass is 32.2. The van der Waals surface area contributed by atoms with E-state index in [9.17, 15) is 4.21 Å². The maximum atomic E-state index is 11.5. The molecule has 0 saturated carbocycles. The molecule has 4 heteroatoms. The van der Waals surface area contributed by atoms with E-state index in [1.807, 2.05) is 18.2 Å². The van der Waals surface area contributed by atoms with E-state index in [4.69, 9.17) is 10.5 Å². The molecule has 0 aliphatic rings. The van der Waals surface area contributed by atoms with E-state index in [1.165, 1.54) is 0 Å². The van der Waals surface area contributed by atoms with Crippen LogP contribution in [0, 0.1) is 0 Å². The SMILES string of the molecule is CCCCS(=O)CCOc1cccc(N)c1. The van der Waals surface area contributed by atoms with Crippen molar-refractivity contribution in [1.29, 1.82) is 0 Å². The minimum Gasteiger partial charge on any atom is -0.493 e. The molecule has 0 fully saturated rings. The highest BCUT2D eigenvalue weighted by Gasteiger charge is 2.00. The molecule has 0 aromatic heterocycles. The van der Waals surface area contributed by atoms with Gasteiger partial charge in [0.25, 0.3) is 0 Å². The molecule has 2 N–H and O–H groups in total. The Kier molecular flexibility index (Phi) is 5.93. The van der Waals surface area contributed by atoms with Crippen LogP contribution >= 0.6 is 0 Å². The molecule has 16 heavy (non-hydrogen) atoms. The molecule has 1 unspecified atom stereocenters. The van der Waals surface area contributed by atoms with Crippen molar-refractivity contribution in [3.05, 3.63) is 24.3 Å². The monoisotopic (exact) mass is 241 g/mol. The summed E-state index contributed by atoms with van der Waals surface area (Å²) in [5.41, 5.74) is 6.30. The summed E-state index contributed by atoms with van der Waals surface area (Å²) < 4.78 is 16.9. The Morgan fingerprint density at radius 1 is 1.38 bits per heavy atom. The minimum atomic E-state index is -0.755. The average molecular weight is 241 g/mol. The van der Waals surface area contributed by atoms with Gasteiger partial charge in [-0.1, -0.05) is 19.4 Å². The Hall–Kier alpha value is -1.03. The van der Waals surface area contributed by atoms with Gasteiger partial charge in [0.15, 0.2) is 0 Å². The van der Waals surface area contributed by atoms with E-state index in [0.29, 0.717) is 18.0 Å². The van der Waals surface area contributed by atoms with E-state index in [-0.39, 0.29) is 0 Å². The Balaban J connectivity index is 2.22. The first-order valence-electron chi connectivity index (χ1n) is 5.55. The standard InChI is InChI=1S/C12H19NO2S/c1-2-3-8-16(14)9-7-15-12-6-4-5-11(13)10-12/h4-6,10H,2-3,7-9,13H2,1H3. The maximum absolute atomic E-state index is 11.5. The molecule has 0 heterocycles. The topological polar surface area (TPSA) is 52.3 Å². The summed E-state index contributed by atoms with van der Waals surface area (Å²) in [6.07, 6.45) is 2.10. The van der Waals surface area contributed by atoms with Gasteiger partial charge >= 0.3 is 0 Å². The van der Waals surface area contributed by atoms with Crippen LogP contribution in [-0.4, -0.2) is 22.3 Å². The van der Waals surface area contributed by atoms with Crippen molar-refractivity contribution in [3.8, 4) is 5.75 Å². The second kappa shape index (κ2) is 7.28. The molecule has 1 rings (SSSR count). The summed E-state index contributed by atoms with van der Waals surface area (Å²) in [4.78, 5) is 0. The fraction of sp³-hybridized carbons (Fsp3) is 0.500. The highest BCUT2D eigenvalue weighted by molar-refractivity contribution is 7.84. The highest BCUT2D eigenvalue weighted by Crippen LogP contribution is 2.14. The molecule has 1 aromatic rings. The Morgan fingerprint density at radius 2 is 2.19 bits per heavy atom. The van der Waals surface area contributed by atoms with Crippen molar-refractivity contribution in [1.82, 2.24) is 0 Å². The average Bonchev–Trinajstić information content (AvgIpc) is 2.26. The molecule has 1 atom stereocenters. The second-order valence-electron chi connectivity index (χ2n) is 3.62. The van der Waals surface area contributed by atoms with Crippen LogP contribution in [0.2, 0.25) is 0 Å². The molecule has 0 aliphatic heterocycles. The number of hydrogen-bond donors (Lipinski definition) is 1. The number of unbranched alkanes of at least 4 members (excludes halogenated alkanes) is 1. The Labute approximate surface area is 99.4 Å². The van der Waals surface area contributed by atoms with Crippen molar-refractivity contribution in [3.63, 3.8) is 0 Å². The molecule has 0 bridgehead atoms. The summed E-state index contributed by atoms with van der Waals surface area (Å²) in [5.74, 6) is 2.11. The molecule has 0 spiro atoms. The van der Waals surface area contributed by atoms with Crippen molar-refractivity contribution >= 4 is 16.5 Å². The molecule has 0 aliphatic carbocycles. The van der Waals surface area contributed by atoms with Crippen LogP contribution in [0.15, 0.2) is 24.3 Å². The van der Waals surface area contributed by atoms with E-state index in [2.05, 4.69) is 6.92 Å². The zero-order chi connectivity index (χ0) is 11.8. The number of nitrogen functional groups attached to an aromatic ring is 1. The van der Waals surface area contributed by atoms with E-state index in [0.717, 1.165) is 24.3 Å². The number of anilines is 1. The number of hydrogen-bond acceptors (Lipinski definition) is 3. The van der Waals surface area contributed by atoms with Crippen LogP contribution in [0.3, 0.4) is 0 Å². The number of benzene rings is 1. The number of ether oxygens (including phenoxy) is 1. The molecule has 1 aromatic carbocycles. The summed E-state index contributed by atoms with van der Waals surface area (Å²) >= 11 is 0. The third-order valence-electron chi connectivity index (χ3n) is 2.16. The Morgan fingerprint density at radius 3 is 2.88 bits per heavy atom. The van der Waals surface area contributed by atoms with Crippen LogP contribution < -0.4 is 10.5 Å². The zero-order valence-corrected chi connectivity index (χ0v) is 10.5. The molecular weight excluding hydrogens is 222 g/mol. The normalized spacial score (nSPS) is 12.3. The third kappa shape index (κ3) is 5.16. The first-order chi connectivity index (χ1) is 7.72. The van der Waals surface area contributed by atoms with Gasteiger partial charge in [-0.2, -0.15) is 0 Å². The lowest BCUT2D eigenvalue weighted by atomic mass is 10.3. The van der Waals surface area contributed by atoms with E-state index >= 15 is 0 Å². The smallest absolute Gasteiger partial charge is 0.121 e. The minimum absolute atomic E-state index is 0.486. The maximum Gasteiger partial charge on any atom is 0.121 e. The van der Waals surface area contributed by atoms with Crippen LogP contribution in [0.4, 0.5) is 5.69 Å². The first kappa shape index (κ1) is 13.0. The predicted molar refractivity (Wildman–Crippen MR) is 69.1 cm³/mol. The van der Waals surface area contributed by atoms with Gasteiger partial charge in [-0.3, -0.25) is 4.21 Å². The quantitative estimate of drug-likeness (QED) is 0.745. The van der Waals surface area contributed by atoms with Crippen molar-refractivity contribution in [2.24, 2.45) is 0 Å². The van der Waals surface area contributed by atoms with Crippen molar-refractivity contribution in [2.75, 3.05) is 23.8 Å². The van der Waals surface area contributed by atoms with Gasteiger partial charge in [0.1, 0.15) is 5.75 Å². The van der Waals surface area contributed by atoms with Crippen LogP contribution in [0.1, 0.15) is 19.8 Å². The van der Waals surface area contributed by atoms with E-state index < -0.39 is 10.8 Å². The van der Waals surface area contributed by atoms with Crippen molar-refractivity contribution in [2.45, 2.75) is 19.8 Å². The molecule has 90 valence electrons. The largest absolute Gasteiger partial charge is 0.493 e. The lowest BCUT2D eigenvalue weighted by molar-refractivity contribution is 0.343. The van der Waals surface area contributed by atoms with Gasteiger partial charge in [-0.25, -0.2) is 0 Å². The summed E-state index contributed by atoms with van der Waals surface area (Å²) in [6.45, 7) is 2.58. The molecular formula is C12H19NO2S. The third-order valence-corrected chi connectivity index (χ3v) is 3.53. The van der Waals surface area contributed by atoms with Gasteiger partial charge in [0.05, 0.1) is 12.4 Å². The number of nitrogens with two attached hydrogens (primary N) is 1. The zero-order valence-electron chi connectivity index (χ0n) is 9.65. The fourth-order valence-corrected chi connectivity index (χ4v) is 2.35. The van der Waals surface area contributed by atoms with Crippen LogP contribution in [-0.2, 0) is 10.8 Å². The van der Waals surface area contributed by atoms with Gasteiger partial charge in [-0.05, 0) is 18.6 Å². The van der Waals surface area contributed by atoms with Gasteiger partial charge in [-0.15, -0.1) is 0 Å². The predicted octanol–water partition coefficient (Wildman–Crippen LogP) is 2.20. The molecule has 0 amide bonds. The Bertz CT molecular complexity index is 342. The van der Waals surface area contributed by atoms with Crippen molar-refractivity contribution < 1.29 is 8.95 Å². The van der Waals surface area contributed by atoms with Gasteiger partial charge in [0, 0.05) is 28.3 Å². The van der Waals surface area contributed by atoms with Crippen LogP contribution in [0.25, 0.3) is 0 Å². The molecule has 3 nitrogen and oxygen atoms in total. The first-order valence-corrected chi connectivity index (χ1v) is 7.04. The lowest BCUT2D eigenvalue weighted by Crippen LogP contribution is -2.11. The lowest BCUT2D eigenvalue weighted by Gasteiger charge is -2.06. The molecule has 0 radical (unpaired) electrons. The fourth-order valence-electron chi connectivity index (χ4n) is 1.26. The van der Waals surface area contributed by atoms with Crippen LogP contribution in [0.5, 0.6) is 5.75 Å². The summed E-state index contributed by atoms with van der Waals surface area (Å²) in [7, 11) is -0.755. The van der Waals surface area contributed by atoms with Gasteiger partial charge in [0.2, 0.25) is 0 Å².